The molecule has 0 bridgehead atoms. The van der Waals surface area contributed by atoms with Crippen LogP contribution in [0, 0.1) is 0 Å². The summed E-state index contributed by atoms with van der Waals surface area (Å²) in [6, 6.07) is 9.91. The van der Waals surface area contributed by atoms with Gasteiger partial charge in [-0.2, -0.15) is 21.9 Å². The summed E-state index contributed by atoms with van der Waals surface area (Å²) in [5.41, 5.74) is -0.272. The van der Waals surface area contributed by atoms with Gasteiger partial charge in [0.15, 0.2) is 15.6 Å². The fourth-order valence-electron chi connectivity index (χ4n) is 3.11. The minimum atomic E-state index is -4.86. The smallest absolute Gasteiger partial charge is 0.397 e. The van der Waals surface area contributed by atoms with Crippen molar-refractivity contribution in [2.75, 3.05) is 17.7 Å². The molecule has 0 aromatic heterocycles. The van der Waals surface area contributed by atoms with Crippen LogP contribution < -0.4 is 5.32 Å². The number of sulfone groups is 1. The van der Waals surface area contributed by atoms with Gasteiger partial charge in [-0.25, -0.2) is 12.6 Å². The van der Waals surface area contributed by atoms with Gasteiger partial charge in [-0.1, -0.05) is 6.07 Å². The van der Waals surface area contributed by atoms with E-state index >= 15 is 0 Å². The number of phenolic OH excluding ortho intramolecular Hbond substituents is 1. The second-order valence-corrected chi connectivity index (χ2v) is 12.0. The molecule has 0 atom stereocenters. The standard InChI is InChI=1S/C20H19N3O11S3/c1-12(24)21-15-3-2-13-10-18(36(28,29)30)19(20(25)17(13)11-15)23-22-14-4-6-16(7-5-14)35(26,27)9-8-34-37(31,32)33/h2-7,10-11,25H,8-9H2,1H3,(H,21,24)(H,28,29,30)(H,31,32,33). The molecule has 17 heteroatoms. The van der Waals surface area contributed by atoms with Crippen molar-refractivity contribution in [2.45, 2.75) is 16.7 Å². The quantitative estimate of drug-likeness (QED) is 0.215. The number of nitrogens with zero attached hydrogens (tertiary/aromatic N) is 2. The Morgan fingerprint density at radius 2 is 1.59 bits per heavy atom. The number of benzene rings is 3. The predicted molar refractivity (Wildman–Crippen MR) is 130 cm³/mol. The number of carbonyl (C=O) groups excluding carboxylic acids is 1. The summed E-state index contributed by atoms with van der Waals surface area (Å²) in [6.45, 7) is 0.459. The summed E-state index contributed by atoms with van der Waals surface area (Å²) >= 11 is 0. The lowest BCUT2D eigenvalue weighted by Gasteiger charge is -2.10. The molecule has 0 aliphatic carbocycles. The van der Waals surface area contributed by atoms with E-state index in [1.807, 2.05) is 0 Å². The molecule has 0 spiro atoms. The van der Waals surface area contributed by atoms with Gasteiger partial charge >= 0.3 is 10.4 Å². The summed E-state index contributed by atoms with van der Waals surface area (Å²) < 4.78 is 91.7. The van der Waals surface area contributed by atoms with Gasteiger partial charge in [0.1, 0.15) is 10.6 Å². The first kappa shape index (κ1) is 28.1. The van der Waals surface area contributed by atoms with Crippen LogP contribution in [0.15, 0.2) is 68.6 Å². The van der Waals surface area contributed by atoms with Crippen molar-refractivity contribution >= 4 is 64.1 Å². The zero-order chi connectivity index (χ0) is 27.6. The van der Waals surface area contributed by atoms with Crippen LogP contribution in [0.3, 0.4) is 0 Å². The minimum absolute atomic E-state index is 0.0286. The highest BCUT2D eigenvalue weighted by Crippen LogP contribution is 2.42. The number of azo groups is 1. The van der Waals surface area contributed by atoms with Crippen molar-refractivity contribution < 1.29 is 48.4 Å². The number of anilines is 1. The molecule has 3 aromatic rings. The van der Waals surface area contributed by atoms with Crippen LogP contribution in [-0.2, 0) is 39.3 Å². The molecule has 0 saturated carbocycles. The second-order valence-electron chi connectivity index (χ2n) is 7.43. The number of rotatable bonds is 9. The minimum Gasteiger partial charge on any atom is -0.505 e. The molecule has 0 aliphatic heterocycles. The van der Waals surface area contributed by atoms with Crippen molar-refractivity contribution in [3.05, 3.63) is 48.5 Å². The molecule has 3 aromatic carbocycles. The summed E-state index contributed by atoms with van der Waals surface area (Å²) in [5, 5.41) is 21.1. The summed E-state index contributed by atoms with van der Waals surface area (Å²) in [5.74, 6) is -1.79. The van der Waals surface area contributed by atoms with Crippen molar-refractivity contribution in [1.82, 2.24) is 0 Å². The number of nitrogens with one attached hydrogen (secondary N) is 1. The van der Waals surface area contributed by atoms with Gasteiger partial charge in [0.2, 0.25) is 5.91 Å². The summed E-state index contributed by atoms with van der Waals surface area (Å²) in [4.78, 5) is 10.3. The molecule has 0 heterocycles. The Morgan fingerprint density at radius 3 is 2.16 bits per heavy atom. The largest absolute Gasteiger partial charge is 0.505 e. The van der Waals surface area contributed by atoms with E-state index in [-0.39, 0.29) is 27.3 Å². The van der Waals surface area contributed by atoms with E-state index in [4.69, 9.17) is 4.55 Å². The number of hydrogen-bond donors (Lipinski definition) is 4. The molecule has 14 nitrogen and oxygen atoms in total. The van der Waals surface area contributed by atoms with Crippen LogP contribution in [0.25, 0.3) is 10.8 Å². The molecular formula is C20H19N3O11S3. The number of amides is 1. The van der Waals surface area contributed by atoms with Gasteiger partial charge in [-0.15, -0.1) is 5.11 Å². The first-order valence-electron chi connectivity index (χ1n) is 9.98. The fourth-order valence-corrected chi connectivity index (χ4v) is 5.26. The molecule has 0 radical (unpaired) electrons. The van der Waals surface area contributed by atoms with Crippen LogP contribution in [0.4, 0.5) is 17.1 Å². The van der Waals surface area contributed by atoms with Gasteiger partial charge in [-0.3, -0.25) is 13.9 Å². The Morgan fingerprint density at radius 1 is 0.946 bits per heavy atom. The van der Waals surface area contributed by atoms with Gasteiger partial charge < -0.3 is 10.4 Å². The maximum atomic E-state index is 12.3. The zero-order valence-corrected chi connectivity index (χ0v) is 21.2. The third kappa shape index (κ3) is 7.28. The molecule has 1 amide bonds. The molecular weight excluding hydrogens is 554 g/mol. The first-order valence-corrected chi connectivity index (χ1v) is 14.4. The molecule has 0 aliphatic rings. The average Bonchev–Trinajstić information content (AvgIpc) is 2.77. The number of phenols is 1. The van der Waals surface area contributed by atoms with Gasteiger partial charge in [-0.05, 0) is 47.9 Å². The number of aromatic hydroxyl groups is 1. The Balaban J connectivity index is 1.96. The highest BCUT2D eigenvalue weighted by Gasteiger charge is 2.22. The van der Waals surface area contributed by atoms with E-state index in [1.165, 1.54) is 37.3 Å². The van der Waals surface area contributed by atoms with Crippen LogP contribution in [0.1, 0.15) is 6.92 Å². The van der Waals surface area contributed by atoms with Crippen LogP contribution in [-0.4, -0.2) is 57.7 Å². The molecule has 0 unspecified atom stereocenters. The lowest BCUT2D eigenvalue weighted by molar-refractivity contribution is -0.114. The van der Waals surface area contributed by atoms with Crippen LogP contribution in [0.5, 0.6) is 5.75 Å². The van der Waals surface area contributed by atoms with E-state index in [2.05, 4.69) is 19.7 Å². The SMILES string of the molecule is CC(=O)Nc1ccc2cc(S(=O)(=O)O)c(N=Nc3ccc(S(=O)(=O)CCOS(=O)(=O)O)cc3)c(O)c2c1. The van der Waals surface area contributed by atoms with E-state index in [1.54, 1.807) is 0 Å². The Hall–Kier alpha value is -3.48. The fraction of sp³-hybridized carbons (Fsp3) is 0.150. The van der Waals surface area contributed by atoms with Crippen molar-refractivity contribution in [1.29, 1.82) is 0 Å². The van der Waals surface area contributed by atoms with Crippen molar-refractivity contribution in [3.63, 3.8) is 0 Å². The predicted octanol–water partition coefficient (Wildman–Crippen LogP) is 2.76. The van der Waals surface area contributed by atoms with Crippen LogP contribution in [0.2, 0.25) is 0 Å². The number of carbonyl (C=O) groups is 1. The number of hydrogen-bond acceptors (Lipinski definition) is 11. The summed E-state index contributed by atoms with van der Waals surface area (Å²) in [7, 11) is -13.7. The normalized spacial score (nSPS) is 12.7. The van der Waals surface area contributed by atoms with E-state index in [0.29, 0.717) is 5.69 Å². The third-order valence-electron chi connectivity index (χ3n) is 4.70. The molecule has 198 valence electrons. The highest BCUT2D eigenvalue weighted by atomic mass is 32.3. The van der Waals surface area contributed by atoms with Gasteiger partial charge in [0.05, 0.1) is 22.9 Å². The first-order chi connectivity index (χ1) is 17.1. The van der Waals surface area contributed by atoms with Crippen LogP contribution >= 0.6 is 0 Å². The third-order valence-corrected chi connectivity index (χ3v) is 7.72. The molecule has 0 saturated heterocycles. The van der Waals surface area contributed by atoms with E-state index in [0.717, 1.165) is 18.2 Å². The van der Waals surface area contributed by atoms with E-state index in [9.17, 15) is 39.7 Å². The Kier molecular flexibility index (Phi) is 7.96. The zero-order valence-electron chi connectivity index (χ0n) is 18.8. The Bertz CT molecular complexity index is 1720. The van der Waals surface area contributed by atoms with E-state index < -0.39 is 59.0 Å². The molecule has 37 heavy (non-hydrogen) atoms. The van der Waals surface area contributed by atoms with Gasteiger partial charge in [0, 0.05) is 18.0 Å². The van der Waals surface area contributed by atoms with Crippen molar-refractivity contribution in [2.24, 2.45) is 10.2 Å². The van der Waals surface area contributed by atoms with Gasteiger partial charge in [0.25, 0.3) is 10.1 Å². The molecule has 4 N–H and O–H groups in total. The lowest BCUT2D eigenvalue weighted by Crippen LogP contribution is -2.15. The Labute approximate surface area is 211 Å². The average molecular weight is 574 g/mol. The maximum Gasteiger partial charge on any atom is 0.397 e. The monoisotopic (exact) mass is 573 g/mol. The second kappa shape index (κ2) is 10.5. The lowest BCUT2D eigenvalue weighted by atomic mass is 10.1. The molecule has 0 fully saturated rings. The van der Waals surface area contributed by atoms with Crippen molar-refractivity contribution in [3.8, 4) is 5.75 Å². The maximum absolute atomic E-state index is 12.3. The number of fused-ring (bicyclic) bond motifs is 1. The summed E-state index contributed by atoms with van der Waals surface area (Å²) in [6.07, 6.45) is 0. The topological polar surface area (TPSA) is 226 Å². The highest BCUT2D eigenvalue weighted by molar-refractivity contribution is 7.91. The molecule has 3 rings (SSSR count).